The van der Waals surface area contributed by atoms with Crippen molar-refractivity contribution >= 4 is 18.3 Å². The van der Waals surface area contributed by atoms with Gasteiger partial charge in [-0.25, -0.2) is 0 Å². The lowest BCUT2D eigenvalue weighted by Gasteiger charge is -2.25. The number of nitrogens with two attached hydrogens (primary N) is 1. The standard InChI is InChI=1S/C14H17F3N2O2.ClH/c15-14(16,17)10-1-2-12(21-8-13(18)20)11(7-10)9-3-5-19-6-4-9;/h1-2,7,9,19H,3-6,8H2,(H2,18,20);1H. The molecular weight excluding hydrogens is 321 g/mol. The normalized spacial score (nSPS) is 16.0. The van der Waals surface area contributed by atoms with Gasteiger partial charge in [0.15, 0.2) is 6.61 Å². The number of carbonyl (C=O) groups excluding carboxylic acids is 1. The van der Waals surface area contributed by atoms with Crippen molar-refractivity contribution in [2.75, 3.05) is 19.7 Å². The van der Waals surface area contributed by atoms with Gasteiger partial charge >= 0.3 is 6.18 Å². The monoisotopic (exact) mass is 338 g/mol. The summed E-state index contributed by atoms with van der Waals surface area (Å²) in [6.45, 7) is 1.15. The minimum atomic E-state index is -4.40. The van der Waals surface area contributed by atoms with E-state index in [1.54, 1.807) is 0 Å². The summed E-state index contributed by atoms with van der Waals surface area (Å²) in [6, 6.07) is 3.34. The van der Waals surface area contributed by atoms with E-state index in [0.29, 0.717) is 11.3 Å². The number of primary amides is 1. The Kier molecular flexibility index (Phi) is 6.49. The van der Waals surface area contributed by atoms with Gasteiger partial charge in [-0.15, -0.1) is 12.4 Å². The Morgan fingerprint density at radius 1 is 1.32 bits per heavy atom. The van der Waals surface area contributed by atoms with Gasteiger partial charge in [0.1, 0.15) is 5.75 Å². The molecule has 0 unspecified atom stereocenters. The molecule has 0 spiro atoms. The van der Waals surface area contributed by atoms with E-state index < -0.39 is 17.6 Å². The van der Waals surface area contributed by atoms with Crippen LogP contribution in [0.4, 0.5) is 13.2 Å². The molecule has 0 atom stereocenters. The highest BCUT2D eigenvalue weighted by Crippen LogP contribution is 2.38. The third-order valence-corrected chi connectivity index (χ3v) is 3.49. The zero-order chi connectivity index (χ0) is 15.5. The summed E-state index contributed by atoms with van der Waals surface area (Å²) >= 11 is 0. The maximum absolute atomic E-state index is 12.9. The summed E-state index contributed by atoms with van der Waals surface area (Å²) in [5.41, 5.74) is 4.80. The van der Waals surface area contributed by atoms with Gasteiger partial charge in [0.25, 0.3) is 5.91 Å². The lowest BCUT2D eigenvalue weighted by molar-refractivity contribution is -0.137. The predicted molar refractivity (Wildman–Crippen MR) is 78.2 cm³/mol. The Morgan fingerprint density at radius 2 is 1.95 bits per heavy atom. The Balaban J connectivity index is 0.00000242. The molecule has 1 fully saturated rings. The fourth-order valence-electron chi connectivity index (χ4n) is 2.46. The van der Waals surface area contributed by atoms with Crippen LogP contribution in [0.25, 0.3) is 0 Å². The molecule has 1 amide bonds. The molecule has 0 bridgehead atoms. The highest BCUT2D eigenvalue weighted by molar-refractivity contribution is 5.85. The van der Waals surface area contributed by atoms with Crippen LogP contribution in [0.5, 0.6) is 5.75 Å². The number of piperidine rings is 1. The number of nitrogens with one attached hydrogen (secondary N) is 1. The number of alkyl halides is 3. The van der Waals surface area contributed by atoms with Crippen LogP contribution < -0.4 is 15.8 Å². The quantitative estimate of drug-likeness (QED) is 0.886. The highest BCUT2D eigenvalue weighted by Gasteiger charge is 2.32. The number of hydrogen-bond acceptors (Lipinski definition) is 3. The molecular formula is C14H18ClF3N2O2. The molecule has 1 aliphatic rings. The summed E-state index contributed by atoms with van der Waals surface area (Å²) in [7, 11) is 0. The maximum Gasteiger partial charge on any atom is 0.416 e. The minimum absolute atomic E-state index is 0. The zero-order valence-electron chi connectivity index (χ0n) is 11.8. The molecule has 2 rings (SSSR count). The zero-order valence-corrected chi connectivity index (χ0v) is 12.6. The summed E-state index contributed by atoms with van der Waals surface area (Å²) in [4.78, 5) is 10.8. The predicted octanol–water partition coefficient (Wildman–Crippen LogP) is 2.46. The smallest absolute Gasteiger partial charge is 0.416 e. The van der Waals surface area contributed by atoms with E-state index >= 15 is 0 Å². The molecule has 22 heavy (non-hydrogen) atoms. The van der Waals surface area contributed by atoms with Crippen LogP contribution in [0.2, 0.25) is 0 Å². The lowest BCUT2D eigenvalue weighted by atomic mass is 9.88. The Hall–Kier alpha value is -1.47. The summed E-state index contributed by atoms with van der Waals surface area (Å²) in [5, 5.41) is 3.16. The van der Waals surface area contributed by atoms with Gasteiger partial charge in [0.2, 0.25) is 0 Å². The second-order valence-corrected chi connectivity index (χ2v) is 5.03. The van der Waals surface area contributed by atoms with Crippen LogP contribution in [0.1, 0.15) is 29.9 Å². The van der Waals surface area contributed by atoms with Crippen LogP contribution >= 0.6 is 12.4 Å². The third-order valence-electron chi connectivity index (χ3n) is 3.49. The van der Waals surface area contributed by atoms with Crippen molar-refractivity contribution in [3.05, 3.63) is 29.3 Å². The van der Waals surface area contributed by atoms with Crippen molar-refractivity contribution in [3.63, 3.8) is 0 Å². The first-order chi connectivity index (χ1) is 9.88. The van der Waals surface area contributed by atoms with Gasteiger partial charge in [0.05, 0.1) is 5.56 Å². The third kappa shape index (κ3) is 4.78. The van der Waals surface area contributed by atoms with E-state index in [1.807, 2.05) is 0 Å². The van der Waals surface area contributed by atoms with Crippen molar-refractivity contribution < 1.29 is 22.7 Å². The minimum Gasteiger partial charge on any atom is -0.483 e. The largest absolute Gasteiger partial charge is 0.483 e. The molecule has 1 saturated heterocycles. The van der Waals surface area contributed by atoms with E-state index in [0.717, 1.165) is 38.1 Å². The van der Waals surface area contributed by atoms with Crippen molar-refractivity contribution in [3.8, 4) is 5.75 Å². The number of benzene rings is 1. The number of hydrogen-bond donors (Lipinski definition) is 2. The number of rotatable bonds is 4. The average molecular weight is 339 g/mol. The average Bonchev–Trinajstić information content (AvgIpc) is 2.45. The van der Waals surface area contributed by atoms with Crippen LogP contribution in [0, 0.1) is 0 Å². The first-order valence-corrected chi connectivity index (χ1v) is 6.71. The molecule has 1 aromatic rings. The summed E-state index contributed by atoms with van der Waals surface area (Å²) in [5.74, 6) is -0.378. The van der Waals surface area contributed by atoms with Gasteiger partial charge in [-0.1, -0.05) is 0 Å². The molecule has 124 valence electrons. The second kappa shape index (κ2) is 7.69. The molecule has 4 nitrogen and oxygen atoms in total. The molecule has 3 N–H and O–H groups in total. The molecule has 8 heteroatoms. The van der Waals surface area contributed by atoms with Gasteiger partial charge < -0.3 is 15.8 Å². The van der Waals surface area contributed by atoms with Gasteiger partial charge in [0, 0.05) is 0 Å². The van der Waals surface area contributed by atoms with Gasteiger partial charge in [-0.3, -0.25) is 4.79 Å². The van der Waals surface area contributed by atoms with Crippen LogP contribution in [0.15, 0.2) is 18.2 Å². The number of halogens is 4. The van der Waals surface area contributed by atoms with E-state index in [2.05, 4.69) is 5.32 Å². The first-order valence-electron chi connectivity index (χ1n) is 6.71. The Labute approximate surface area is 132 Å². The SMILES string of the molecule is Cl.NC(=O)COc1ccc(C(F)(F)F)cc1C1CCNCC1. The highest BCUT2D eigenvalue weighted by atomic mass is 35.5. The van der Waals surface area contributed by atoms with Crippen LogP contribution in [-0.4, -0.2) is 25.6 Å². The van der Waals surface area contributed by atoms with Crippen molar-refractivity contribution in [2.24, 2.45) is 5.73 Å². The number of carbonyl (C=O) groups is 1. The topological polar surface area (TPSA) is 64.4 Å². The molecule has 1 heterocycles. The lowest BCUT2D eigenvalue weighted by Crippen LogP contribution is -2.27. The number of ether oxygens (including phenoxy) is 1. The molecule has 0 radical (unpaired) electrons. The van der Waals surface area contributed by atoms with Crippen LogP contribution in [0.3, 0.4) is 0 Å². The first kappa shape index (κ1) is 18.6. The van der Waals surface area contributed by atoms with Crippen molar-refractivity contribution in [1.29, 1.82) is 0 Å². The molecule has 0 aliphatic carbocycles. The van der Waals surface area contributed by atoms with Crippen LogP contribution in [-0.2, 0) is 11.0 Å². The van der Waals surface area contributed by atoms with Crippen molar-refractivity contribution in [2.45, 2.75) is 24.9 Å². The van der Waals surface area contributed by atoms with E-state index in [-0.39, 0.29) is 24.9 Å². The van der Waals surface area contributed by atoms with E-state index in [9.17, 15) is 18.0 Å². The maximum atomic E-state index is 12.9. The molecule has 1 aliphatic heterocycles. The van der Waals surface area contributed by atoms with Gasteiger partial charge in [-0.2, -0.15) is 13.2 Å². The fourth-order valence-corrected chi connectivity index (χ4v) is 2.46. The Morgan fingerprint density at radius 3 is 2.50 bits per heavy atom. The van der Waals surface area contributed by atoms with Gasteiger partial charge in [-0.05, 0) is 55.6 Å². The summed E-state index contributed by atoms with van der Waals surface area (Å²) in [6.07, 6.45) is -2.94. The molecule has 0 saturated carbocycles. The Bertz CT molecular complexity index is 517. The number of amides is 1. The molecule has 0 aromatic heterocycles. The van der Waals surface area contributed by atoms with E-state index in [4.69, 9.17) is 10.5 Å². The second-order valence-electron chi connectivity index (χ2n) is 5.03. The fraction of sp³-hybridized carbons (Fsp3) is 0.500. The van der Waals surface area contributed by atoms with Crippen molar-refractivity contribution in [1.82, 2.24) is 5.32 Å². The van der Waals surface area contributed by atoms with E-state index in [1.165, 1.54) is 6.07 Å². The summed E-state index contributed by atoms with van der Waals surface area (Å²) < 4.78 is 43.8. The molecule has 1 aromatic carbocycles.